The molecule has 0 aliphatic carbocycles. The maximum absolute atomic E-state index is 12.7. The molecule has 0 bridgehead atoms. The number of nitrogens with one attached hydrogen (secondary N) is 1. The van der Waals surface area contributed by atoms with Gasteiger partial charge in [-0.05, 0) is 19.8 Å². The van der Waals surface area contributed by atoms with Crippen molar-refractivity contribution in [1.82, 2.24) is 20.0 Å². The summed E-state index contributed by atoms with van der Waals surface area (Å²) in [5.74, 6) is 1.71. The molecule has 0 radical (unpaired) electrons. The van der Waals surface area contributed by atoms with Crippen molar-refractivity contribution >= 4 is 5.91 Å². The molecular formula is C15H20N4O3. The Kier molecular flexibility index (Phi) is 4.24. The van der Waals surface area contributed by atoms with Crippen molar-refractivity contribution in [2.75, 3.05) is 20.2 Å². The summed E-state index contributed by atoms with van der Waals surface area (Å²) in [6, 6.07) is 0. The number of rotatable bonds is 4. The van der Waals surface area contributed by atoms with Crippen molar-refractivity contribution < 1.29 is 14.1 Å². The number of imidazole rings is 1. The van der Waals surface area contributed by atoms with Gasteiger partial charge in [-0.2, -0.15) is 0 Å². The number of carbonyl (C=O) groups excluding carboxylic acids is 1. The maximum atomic E-state index is 12.7. The van der Waals surface area contributed by atoms with E-state index in [2.05, 4.69) is 15.1 Å². The summed E-state index contributed by atoms with van der Waals surface area (Å²) in [5.41, 5.74) is 1.09. The molecule has 1 atom stereocenters. The third-order valence-corrected chi connectivity index (χ3v) is 4.09. The quantitative estimate of drug-likeness (QED) is 0.932. The van der Waals surface area contributed by atoms with E-state index < -0.39 is 0 Å². The number of nitrogens with zero attached hydrogens (tertiary/aromatic N) is 3. The zero-order valence-electron chi connectivity index (χ0n) is 12.8. The van der Waals surface area contributed by atoms with Crippen molar-refractivity contribution in [2.45, 2.75) is 32.3 Å². The van der Waals surface area contributed by atoms with Crippen molar-refractivity contribution in [3.8, 4) is 0 Å². The summed E-state index contributed by atoms with van der Waals surface area (Å²) in [7, 11) is 1.59. The van der Waals surface area contributed by atoms with E-state index >= 15 is 0 Å². The molecule has 0 unspecified atom stereocenters. The van der Waals surface area contributed by atoms with Crippen LogP contribution in [-0.4, -0.2) is 46.1 Å². The van der Waals surface area contributed by atoms with Gasteiger partial charge in [0.05, 0.1) is 12.2 Å². The van der Waals surface area contributed by atoms with Gasteiger partial charge in [0.1, 0.15) is 11.6 Å². The zero-order valence-corrected chi connectivity index (χ0v) is 12.8. The van der Waals surface area contributed by atoms with Gasteiger partial charge in [-0.25, -0.2) is 4.98 Å². The minimum Gasteiger partial charge on any atom is -0.380 e. The van der Waals surface area contributed by atoms with Gasteiger partial charge in [-0.1, -0.05) is 5.16 Å². The van der Waals surface area contributed by atoms with Crippen LogP contribution in [0.15, 0.2) is 16.9 Å². The lowest BCUT2D eigenvalue weighted by Crippen LogP contribution is -2.40. The predicted octanol–water partition coefficient (Wildman–Crippen LogP) is 1.87. The minimum absolute atomic E-state index is 0.0971. The van der Waals surface area contributed by atoms with Crippen molar-refractivity contribution in [3.63, 3.8) is 0 Å². The van der Waals surface area contributed by atoms with Crippen LogP contribution >= 0.6 is 0 Å². The fourth-order valence-corrected chi connectivity index (χ4v) is 2.91. The number of ether oxygens (including phenoxy) is 1. The van der Waals surface area contributed by atoms with Crippen LogP contribution in [0.3, 0.4) is 0 Å². The van der Waals surface area contributed by atoms with Gasteiger partial charge < -0.3 is 19.1 Å². The number of piperidine rings is 1. The normalized spacial score (nSPS) is 18.6. The van der Waals surface area contributed by atoms with Crippen LogP contribution in [0.5, 0.6) is 0 Å². The standard InChI is InChI=1S/C15H20N4O3/c1-10-12(9-21-2)13(18-22-10)15(20)19-7-3-4-11(8-19)14-16-5-6-17-14/h5-6,11H,3-4,7-9H2,1-2H3,(H,16,17)/t11-/m0/s1. The van der Waals surface area contributed by atoms with Gasteiger partial charge >= 0.3 is 0 Å². The molecule has 7 heteroatoms. The van der Waals surface area contributed by atoms with E-state index in [-0.39, 0.29) is 11.8 Å². The fourth-order valence-electron chi connectivity index (χ4n) is 2.91. The molecule has 2 aromatic heterocycles. The summed E-state index contributed by atoms with van der Waals surface area (Å²) in [5, 5.41) is 3.93. The molecule has 22 heavy (non-hydrogen) atoms. The number of aromatic nitrogens is 3. The Balaban J connectivity index is 1.77. The van der Waals surface area contributed by atoms with Crippen LogP contribution in [0.4, 0.5) is 0 Å². The molecule has 1 saturated heterocycles. The van der Waals surface area contributed by atoms with Crippen LogP contribution in [0.2, 0.25) is 0 Å². The number of methoxy groups -OCH3 is 1. The first kappa shape index (κ1) is 14.8. The van der Waals surface area contributed by atoms with Gasteiger partial charge in [0.2, 0.25) is 0 Å². The number of amides is 1. The third kappa shape index (κ3) is 2.76. The van der Waals surface area contributed by atoms with Crippen molar-refractivity contribution in [2.24, 2.45) is 0 Å². The second-order valence-electron chi connectivity index (χ2n) is 5.56. The van der Waals surface area contributed by atoms with Crippen molar-refractivity contribution in [3.05, 3.63) is 35.2 Å². The lowest BCUT2D eigenvalue weighted by atomic mass is 9.97. The third-order valence-electron chi connectivity index (χ3n) is 4.09. The monoisotopic (exact) mass is 304 g/mol. The van der Waals surface area contributed by atoms with Crippen molar-refractivity contribution in [1.29, 1.82) is 0 Å². The van der Waals surface area contributed by atoms with E-state index in [0.717, 1.165) is 30.8 Å². The second kappa shape index (κ2) is 6.31. The van der Waals surface area contributed by atoms with Gasteiger partial charge in [0.15, 0.2) is 5.69 Å². The number of H-pyrrole nitrogens is 1. The number of hydrogen-bond donors (Lipinski definition) is 1. The predicted molar refractivity (Wildman–Crippen MR) is 78.4 cm³/mol. The second-order valence-corrected chi connectivity index (χ2v) is 5.56. The Morgan fingerprint density at radius 1 is 1.59 bits per heavy atom. The average molecular weight is 304 g/mol. The SMILES string of the molecule is COCc1c(C(=O)N2CCC[C@H](c3ncc[nH]3)C2)noc1C. The number of likely N-dealkylation sites (tertiary alicyclic amines) is 1. The van der Waals surface area contributed by atoms with Gasteiger partial charge in [-0.3, -0.25) is 4.79 Å². The van der Waals surface area contributed by atoms with Gasteiger partial charge in [0.25, 0.3) is 5.91 Å². The number of aryl methyl sites for hydroxylation is 1. The van der Waals surface area contributed by atoms with E-state index in [4.69, 9.17) is 9.26 Å². The molecule has 3 heterocycles. The highest BCUT2D eigenvalue weighted by molar-refractivity contribution is 5.93. The van der Waals surface area contributed by atoms with Crippen LogP contribution in [-0.2, 0) is 11.3 Å². The summed E-state index contributed by atoms with van der Waals surface area (Å²) < 4.78 is 10.3. The lowest BCUT2D eigenvalue weighted by molar-refractivity contribution is 0.0690. The topological polar surface area (TPSA) is 84.2 Å². The fraction of sp³-hybridized carbons (Fsp3) is 0.533. The maximum Gasteiger partial charge on any atom is 0.276 e. The van der Waals surface area contributed by atoms with Gasteiger partial charge in [0, 0.05) is 38.5 Å². The first-order valence-electron chi connectivity index (χ1n) is 7.43. The first-order valence-corrected chi connectivity index (χ1v) is 7.43. The average Bonchev–Trinajstić information content (AvgIpc) is 3.18. The largest absolute Gasteiger partial charge is 0.380 e. The molecule has 0 spiro atoms. The summed E-state index contributed by atoms with van der Waals surface area (Å²) in [4.78, 5) is 22.0. The molecular weight excluding hydrogens is 284 g/mol. The zero-order chi connectivity index (χ0) is 15.5. The van der Waals surface area contributed by atoms with Crippen LogP contribution in [0.1, 0.15) is 46.4 Å². The van der Waals surface area contributed by atoms with E-state index in [9.17, 15) is 4.79 Å². The van der Waals surface area contributed by atoms with E-state index in [0.29, 0.717) is 24.6 Å². The number of hydrogen-bond acceptors (Lipinski definition) is 5. The highest BCUT2D eigenvalue weighted by atomic mass is 16.5. The molecule has 1 aliphatic rings. The molecule has 1 N–H and O–H groups in total. The molecule has 7 nitrogen and oxygen atoms in total. The number of carbonyl (C=O) groups is 1. The van der Waals surface area contributed by atoms with E-state index in [1.165, 1.54) is 0 Å². The lowest BCUT2D eigenvalue weighted by Gasteiger charge is -2.31. The van der Waals surface area contributed by atoms with E-state index in [1.807, 2.05) is 11.1 Å². The van der Waals surface area contributed by atoms with Crippen LogP contribution in [0.25, 0.3) is 0 Å². The molecule has 3 rings (SSSR count). The highest BCUT2D eigenvalue weighted by Crippen LogP contribution is 2.26. The molecule has 0 saturated carbocycles. The molecule has 1 amide bonds. The minimum atomic E-state index is -0.0971. The number of aromatic amines is 1. The highest BCUT2D eigenvalue weighted by Gasteiger charge is 2.30. The van der Waals surface area contributed by atoms with Crippen LogP contribution < -0.4 is 0 Å². The Labute approximate surface area is 128 Å². The summed E-state index contributed by atoms with van der Waals surface area (Å²) >= 11 is 0. The summed E-state index contributed by atoms with van der Waals surface area (Å²) in [6.45, 7) is 3.49. The Morgan fingerprint density at radius 2 is 2.45 bits per heavy atom. The molecule has 0 aromatic carbocycles. The molecule has 1 aliphatic heterocycles. The Morgan fingerprint density at radius 3 is 3.18 bits per heavy atom. The summed E-state index contributed by atoms with van der Waals surface area (Å²) in [6.07, 6.45) is 5.54. The first-order chi connectivity index (χ1) is 10.7. The van der Waals surface area contributed by atoms with Crippen LogP contribution in [0, 0.1) is 6.92 Å². The van der Waals surface area contributed by atoms with E-state index in [1.54, 1.807) is 20.2 Å². The molecule has 118 valence electrons. The Hall–Kier alpha value is -2.15. The smallest absolute Gasteiger partial charge is 0.276 e. The Bertz CT molecular complexity index is 635. The molecule has 1 fully saturated rings. The van der Waals surface area contributed by atoms with Gasteiger partial charge in [-0.15, -0.1) is 0 Å². The molecule has 2 aromatic rings.